The molecule has 0 spiro atoms. The van der Waals surface area contributed by atoms with Crippen LogP contribution in [0.1, 0.15) is 12.8 Å². The molecule has 0 N–H and O–H groups in total. The minimum Gasteiger partial charge on any atom is -0.489 e. The molecule has 0 aliphatic carbocycles. The standard InChI is InChI=1S/C13H15F4NO3S/c14-10-2-1-3-11(8-10)21-12-4-6-18(9-12)22(19,20)7-5-13(15,16)17/h1-3,8,12H,4-7,9H2. The van der Waals surface area contributed by atoms with Gasteiger partial charge in [-0.1, -0.05) is 6.07 Å². The van der Waals surface area contributed by atoms with Gasteiger partial charge in [0.25, 0.3) is 0 Å². The zero-order valence-corrected chi connectivity index (χ0v) is 12.3. The lowest BCUT2D eigenvalue weighted by atomic mass is 10.3. The number of hydrogen-bond acceptors (Lipinski definition) is 3. The highest BCUT2D eigenvalue weighted by Gasteiger charge is 2.36. The molecule has 1 unspecified atom stereocenters. The summed E-state index contributed by atoms with van der Waals surface area (Å²) in [5.41, 5.74) is 0. The minimum absolute atomic E-state index is 0.0310. The molecule has 0 saturated carbocycles. The van der Waals surface area contributed by atoms with Crippen molar-refractivity contribution in [1.82, 2.24) is 4.31 Å². The lowest BCUT2D eigenvalue weighted by molar-refractivity contribution is -0.130. The van der Waals surface area contributed by atoms with Gasteiger partial charge < -0.3 is 4.74 Å². The molecule has 1 atom stereocenters. The number of rotatable bonds is 5. The van der Waals surface area contributed by atoms with Crippen LogP contribution in [0.4, 0.5) is 17.6 Å². The minimum atomic E-state index is -4.51. The maximum atomic E-state index is 13.0. The van der Waals surface area contributed by atoms with Crippen molar-refractivity contribution < 1.29 is 30.7 Å². The van der Waals surface area contributed by atoms with Crippen LogP contribution in [0.25, 0.3) is 0 Å². The smallest absolute Gasteiger partial charge is 0.390 e. The topological polar surface area (TPSA) is 46.6 Å². The Morgan fingerprint density at radius 2 is 2.05 bits per heavy atom. The highest BCUT2D eigenvalue weighted by Crippen LogP contribution is 2.24. The second-order valence-electron chi connectivity index (χ2n) is 5.03. The van der Waals surface area contributed by atoms with Gasteiger partial charge in [0.05, 0.1) is 18.7 Å². The van der Waals surface area contributed by atoms with Crippen LogP contribution >= 0.6 is 0 Å². The normalized spacial score (nSPS) is 20.3. The van der Waals surface area contributed by atoms with Crippen molar-refractivity contribution in [3.63, 3.8) is 0 Å². The Balaban J connectivity index is 1.92. The van der Waals surface area contributed by atoms with Crippen molar-refractivity contribution in [2.45, 2.75) is 25.1 Å². The van der Waals surface area contributed by atoms with Crippen LogP contribution in [0.2, 0.25) is 0 Å². The first kappa shape index (κ1) is 17.0. The van der Waals surface area contributed by atoms with E-state index in [2.05, 4.69) is 0 Å². The van der Waals surface area contributed by atoms with E-state index in [1.54, 1.807) is 0 Å². The highest BCUT2D eigenvalue weighted by atomic mass is 32.2. The van der Waals surface area contributed by atoms with E-state index in [9.17, 15) is 26.0 Å². The zero-order chi connectivity index (χ0) is 16.4. The monoisotopic (exact) mass is 341 g/mol. The molecule has 4 nitrogen and oxygen atoms in total. The van der Waals surface area contributed by atoms with E-state index >= 15 is 0 Å². The fourth-order valence-corrected chi connectivity index (χ4v) is 3.68. The molecule has 2 rings (SSSR count). The predicted octanol–water partition coefficient (Wildman–Crippen LogP) is 2.56. The van der Waals surface area contributed by atoms with Gasteiger partial charge in [0.2, 0.25) is 10.0 Å². The highest BCUT2D eigenvalue weighted by molar-refractivity contribution is 7.89. The van der Waals surface area contributed by atoms with Crippen LogP contribution in [0.15, 0.2) is 24.3 Å². The average molecular weight is 341 g/mol. The van der Waals surface area contributed by atoms with E-state index < -0.39 is 40.3 Å². The Morgan fingerprint density at radius 1 is 1.32 bits per heavy atom. The molecule has 0 bridgehead atoms. The molecule has 1 aliphatic rings. The van der Waals surface area contributed by atoms with Crippen LogP contribution in [0.3, 0.4) is 0 Å². The Labute approximate surface area is 125 Å². The lowest BCUT2D eigenvalue weighted by Crippen LogP contribution is -2.34. The van der Waals surface area contributed by atoms with Crippen molar-refractivity contribution in [1.29, 1.82) is 0 Å². The second-order valence-corrected chi connectivity index (χ2v) is 7.11. The third-order valence-electron chi connectivity index (χ3n) is 3.24. The number of nitrogens with zero attached hydrogens (tertiary/aromatic N) is 1. The van der Waals surface area contributed by atoms with Gasteiger partial charge in [0, 0.05) is 12.6 Å². The van der Waals surface area contributed by atoms with E-state index in [4.69, 9.17) is 4.74 Å². The zero-order valence-electron chi connectivity index (χ0n) is 11.5. The molecule has 1 saturated heterocycles. The molecule has 1 fully saturated rings. The van der Waals surface area contributed by atoms with E-state index in [0.717, 1.165) is 4.31 Å². The third-order valence-corrected chi connectivity index (χ3v) is 5.08. The van der Waals surface area contributed by atoms with E-state index in [-0.39, 0.29) is 18.8 Å². The molecule has 1 aliphatic heterocycles. The molecular formula is C13H15F4NO3S. The van der Waals surface area contributed by atoms with Crippen LogP contribution in [-0.2, 0) is 10.0 Å². The van der Waals surface area contributed by atoms with Gasteiger partial charge in [-0.25, -0.2) is 12.8 Å². The summed E-state index contributed by atoms with van der Waals surface area (Å²) in [5.74, 6) is -1.19. The summed E-state index contributed by atoms with van der Waals surface area (Å²) < 4.78 is 79.6. The van der Waals surface area contributed by atoms with Crippen molar-refractivity contribution in [3.8, 4) is 5.75 Å². The van der Waals surface area contributed by atoms with Crippen LogP contribution < -0.4 is 4.74 Å². The molecule has 0 radical (unpaired) electrons. The Morgan fingerprint density at radius 3 is 2.68 bits per heavy atom. The first-order chi connectivity index (χ1) is 10.2. The SMILES string of the molecule is O=S(=O)(CCC(F)(F)F)N1CCC(Oc2cccc(F)c2)C1. The van der Waals surface area contributed by atoms with Crippen molar-refractivity contribution in [2.24, 2.45) is 0 Å². The summed E-state index contributed by atoms with van der Waals surface area (Å²) in [5, 5.41) is 0. The fourth-order valence-electron chi connectivity index (χ4n) is 2.15. The van der Waals surface area contributed by atoms with Crippen LogP contribution in [-0.4, -0.2) is 43.8 Å². The lowest BCUT2D eigenvalue weighted by Gasteiger charge is -2.17. The van der Waals surface area contributed by atoms with Crippen molar-refractivity contribution >= 4 is 10.0 Å². The van der Waals surface area contributed by atoms with Gasteiger partial charge >= 0.3 is 6.18 Å². The maximum Gasteiger partial charge on any atom is 0.390 e. The first-order valence-electron chi connectivity index (χ1n) is 6.62. The predicted molar refractivity (Wildman–Crippen MR) is 71.5 cm³/mol. The Bertz CT molecular complexity index is 618. The number of sulfonamides is 1. The molecular weight excluding hydrogens is 326 g/mol. The van der Waals surface area contributed by atoms with Gasteiger partial charge in [-0.2, -0.15) is 17.5 Å². The molecule has 9 heteroatoms. The number of alkyl halides is 3. The molecule has 0 aromatic heterocycles. The molecule has 124 valence electrons. The summed E-state index contributed by atoms with van der Waals surface area (Å²) >= 11 is 0. The molecule has 0 amide bonds. The van der Waals surface area contributed by atoms with Crippen molar-refractivity contribution in [2.75, 3.05) is 18.8 Å². The summed E-state index contributed by atoms with van der Waals surface area (Å²) in [6.07, 6.45) is -6.03. The number of hydrogen-bond donors (Lipinski definition) is 0. The van der Waals surface area contributed by atoms with Gasteiger partial charge in [-0.3, -0.25) is 0 Å². The number of benzene rings is 1. The van der Waals surface area contributed by atoms with Gasteiger partial charge in [0.15, 0.2) is 0 Å². The van der Waals surface area contributed by atoms with Crippen LogP contribution in [0.5, 0.6) is 5.75 Å². The quantitative estimate of drug-likeness (QED) is 0.774. The van der Waals surface area contributed by atoms with Gasteiger partial charge in [0.1, 0.15) is 17.7 Å². The molecule has 1 aromatic carbocycles. The fraction of sp³-hybridized carbons (Fsp3) is 0.538. The van der Waals surface area contributed by atoms with Crippen molar-refractivity contribution in [3.05, 3.63) is 30.1 Å². The largest absolute Gasteiger partial charge is 0.489 e. The van der Waals surface area contributed by atoms with Gasteiger partial charge in [-0.15, -0.1) is 0 Å². The maximum absolute atomic E-state index is 13.0. The van der Waals surface area contributed by atoms with E-state index in [0.29, 0.717) is 6.42 Å². The second kappa shape index (κ2) is 6.41. The molecule has 1 aromatic rings. The molecule has 22 heavy (non-hydrogen) atoms. The molecule has 1 heterocycles. The third kappa shape index (κ3) is 4.84. The van der Waals surface area contributed by atoms with Crippen LogP contribution in [0, 0.1) is 5.82 Å². The number of halogens is 4. The van der Waals surface area contributed by atoms with E-state index in [1.165, 1.54) is 24.3 Å². The summed E-state index contributed by atoms with van der Waals surface area (Å²) in [6.45, 7) is 0.0663. The summed E-state index contributed by atoms with van der Waals surface area (Å²) in [4.78, 5) is 0. The van der Waals surface area contributed by atoms with Gasteiger partial charge in [-0.05, 0) is 18.6 Å². The average Bonchev–Trinajstić information content (AvgIpc) is 2.85. The first-order valence-corrected chi connectivity index (χ1v) is 8.23. The summed E-state index contributed by atoms with van der Waals surface area (Å²) in [6, 6.07) is 5.40. The van der Waals surface area contributed by atoms with E-state index in [1.807, 2.05) is 0 Å². The number of ether oxygens (including phenoxy) is 1. The Hall–Kier alpha value is -1.35. The summed E-state index contributed by atoms with van der Waals surface area (Å²) in [7, 11) is -3.97. The Kier molecular flexibility index (Phi) is 4.96.